The Morgan fingerprint density at radius 1 is 1.00 bits per heavy atom. The molecule has 1 atom stereocenters. The fraction of sp³-hybridized carbons (Fsp3) is 0.286. The maximum absolute atomic E-state index is 13.8. The highest BCUT2D eigenvalue weighted by molar-refractivity contribution is 7.92. The van der Waals surface area contributed by atoms with Gasteiger partial charge < -0.3 is 10.2 Å². The molecule has 40 heavy (non-hydrogen) atoms. The maximum Gasteiger partial charge on any atom is 0.416 e. The number of aryl methyl sites for hydroxylation is 1. The van der Waals surface area contributed by atoms with Crippen LogP contribution in [0.3, 0.4) is 0 Å². The molecule has 7 nitrogen and oxygen atoms in total. The number of likely N-dealkylation sites (N-methyl/N-ethyl adjacent to an activating group) is 1. The van der Waals surface area contributed by atoms with Crippen LogP contribution in [0.5, 0.6) is 0 Å². The molecule has 0 saturated carbocycles. The minimum absolute atomic E-state index is 0.0741. The van der Waals surface area contributed by atoms with Crippen molar-refractivity contribution in [1.82, 2.24) is 10.2 Å². The lowest BCUT2D eigenvalue weighted by Gasteiger charge is -2.32. The first-order chi connectivity index (χ1) is 18.7. The molecule has 0 radical (unpaired) electrons. The van der Waals surface area contributed by atoms with Crippen LogP contribution in [-0.4, -0.2) is 44.3 Å². The molecular weight excluding hydrogens is 567 g/mol. The Balaban J connectivity index is 2.09. The third-order valence-electron chi connectivity index (χ3n) is 6.13. The summed E-state index contributed by atoms with van der Waals surface area (Å²) in [4.78, 5) is 27.4. The SMILES string of the molecule is CCNC(=O)[C@H](C)N(Cc1ccc(Cl)cc1)C(=O)CN(c1cccc(C(F)(F)F)c1)S(=O)(=O)c1ccc(C)cc1. The molecule has 0 unspecified atom stereocenters. The lowest BCUT2D eigenvalue weighted by Crippen LogP contribution is -2.51. The number of hydrogen-bond donors (Lipinski definition) is 1. The zero-order chi connectivity index (χ0) is 29.7. The minimum atomic E-state index is -4.74. The van der Waals surface area contributed by atoms with Gasteiger partial charge in [0.1, 0.15) is 12.6 Å². The summed E-state index contributed by atoms with van der Waals surface area (Å²) in [6, 6.07) is 15.0. The van der Waals surface area contributed by atoms with Crippen LogP contribution in [0.25, 0.3) is 0 Å². The highest BCUT2D eigenvalue weighted by Gasteiger charge is 2.35. The standard InChI is InChI=1S/C28H29ClF3N3O4S/c1-4-33-27(37)20(3)34(17-21-10-12-23(29)13-11-21)26(36)18-35(24-7-5-6-22(16-24)28(30,31)32)40(38,39)25-14-8-19(2)9-15-25/h5-16,20H,4,17-18H2,1-3H3,(H,33,37)/t20-/m0/s1. The number of carbonyl (C=O) groups excluding carboxylic acids is 2. The van der Waals surface area contributed by atoms with E-state index < -0.39 is 46.2 Å². The van der Waals surface area contributed by atoms with Gasteiger partial charge >= 0.3 is 6.18 Å². The number of anilines is 1. The van der Waals surface area contributed by atoms with Crippen molar-refractivity contribution in [3.05, 3.63) is 94.5 Å². The Morgan fingerprint density at radius 2 is 1.62 bits per heavy atom. The van der Waals surface area contributed by atoms with Gasteiger partial charge in [-0.05, 0) is 68.8 Å². The zero-order valence-electron chi connectivity index (χ0n) is 22.1. The van der Waals surface area contributed by atoms with E-state index in [2.05, 4.69) is 5.32 Å². The first-order valence-electron chi connectivity index (χ1n) is 12.3. The Labute approximate surface area is 236 Å². The second-order valence-electron chi connectivity index (χ2n) is 9.09. The van der Waals surface area contributed by atoms with Crippen LogP contribution in [-0.2, 0) is 32.3 Å². The van der Waals surface area contributed by atoms with E-state index in [1.165, 1.54) is 30.0 Å². The zero-order valence-corrected chi connectivity index (χ0v) is 23.6. The monoisotopic (exact) mass is 595 g/mol. The molecule has 0 aliphatic carbocycles. The number of rotatable bonds is 10. The average molecular weight is 596 g/mol. The molecule has 0 heterocycles. The predicted molar refractivity (Wildman–Crippen MR) is 147 cm³/mol. The number of halogens is 4. The van der Waals surface area contributed by atoms with Gasteiger partial charge in [-0.25, -0.2) is 8.42 Å². The summed E-state index contributed by atoms with van der Waals surface area (Å²) in [5.74, 6) is -1.27. The van der Waals surface area contributed by atoms with Crippen molar-refractivity contribution < 1.29 is 31.2 Å². The molecule has 0 bridgehead atoms. The smallest absolute Gasteiger partial charge is 0.355 e. The Bertz CT molecular complexity index is 1450. The van der Waals surface area contributed by atoms with Gasteiger partial charge in [-0.2, -0.15) is 13.2 Å². The van der Waals surface area contributed by atoms with E-state index in [0.717, 1.165) is 17.7 Å². The summed E-state index contributed by atoms with van der Waals surface area (Å²) < 4.78 is 68.7. The third-order valence-corrected chi connectivity index (χ3v) is 8.17. The second kappa shape index (κ2) is 12.7. The highest BCUT2D eigenvalue weighted by Crippen LogP contribution is 2.33. The molecule has 3 aromatic rings. The average Bonchev–Trinajstić information content (AvgIpc) is 2.90. The van der Waals surface area contributed by atoms with Gasteiger partial charge in [0, 0.05) is 18.1 Å². The molecule has 0 fully saturated rings. The lowest BCUT2D eigenvalue weighted by atomic mass is 10.1. The molecule has 0 saturated heterocycles. The number of alkyl halides is 3. The summed E-state index contributed by atoms with van der Waals surface area (Å²) in [6.07, 6.45) is -4.74. The van der Waals surface area contributed by atoms with Gasteiger partial charge in [-0.15, -0.1) is 0 Å². The molecule has 3 rings (SSSR count). The molecular formula is C28H29ClF3N3O4S. The summed E-state index contributed by atoms with van der Waals surface area (Å²) >= 11 is 5.97. The van der Waals surface area contributed by atoms with Crippen molar-refractivity contribution in [3.8, 4) is 0 Å². The number of sulfonamides is 1. The topological polar surface area (TPSA) is 86.8 Å². The van der Waals surface area contributed by atoms with E-state index in [4.69, 9.17) is 11.6 Å². The number of benzene rings is 3. The van der Waals surface area contributed by atoms with Crippen LogP contribution in [0.4, 0.5) is 18.9 Å². The maximum atomic E-state index is 13.8. The second-order valence-corrected chi connectivity index (χ2v) is 11.4. The van der Waals surface area contributed by atoms with Gasteiger partial charge in [0.15, 0.2) is 0 Å². The van der Waals surface area contributed by atoms with E-state index in [1.807, 2.05) is 0 Å². The van der Waals surface area contributed by atoms with Crippen molar-refractivity contribution in [1.29, 1.82) is 0 Å². The molecule has 0 aliphatic rings. The first-order valence-corrected chi connectivity index (χ1v) is 14.1. The summed E-state index contributed by atoms with van der Waals surface area (Å²) in [6.45, 7) is 4.32. The minimum Gasteiger partial charge on any atom is -0.355 e. The largest absolute Gasteiger partial charge is 0.416 e. The van der Waals surface area contributed by atoms with Gasteiger partial charge in [0.25, 0.3) is 10.0 Å². The highest BCUT2D eigenvalue weighted by atomic mass is 35.5. The van der Waals surface area contributed by atoms with E-state index in [0.29, 0.717) is 27.5 Å². The van der Waals surface area contributed by atoms with Crippen molar-refractivity contribution in [2.45, 2.75) is 44.4 Å². The van der Waals surface area contributed by atoms with E-state index >= 15 is 0 Å². The van der Waals surface area contributed by atoms with E-state index in [1.54, 1.807) is 50.2 Å². The number of carbonyl (C=O) groups is 2. The Kier molecular flexibility index (Phi) is 9.86. The van der Waals surface area contributed by atoms with Crippen LogP contribution >= 0.6 is 11.6 Å². The Morgan fingerprint density at radius 3 is 2.20 bits per heavy atom. The molecule has 12 heteroatoms. The molecule has 0 aromatic heterocycles. The van der Waals surface area contributed by atoms with Crippen LogP contribution in [0.2, 0.25) is 5.02 Å². The number of hydrogen-bond acceptors (Lipinski definition) is 4. The van der Waals surface area contributed by atoms with Crippen molar-refractivity contribution in [2.75, 3.05) is 17.4 Å². The number of nitrogens with one attached hydrogen (secondary N) is 1. The van der Waals surface area contributed by atoms with Crippen LogP contribution in [0.1, 0.15) is 30.5 Å². The number of nitrogens with zero attached hydrogens (tertiary/aromatic N) is 2. The van der Waals surface area contributed by atoms with Crippen molar-refractivity contribution in [3.63, 3.8) is 0 Å². The normalized spacial score (nSPS) is 12.5. The lowest BCUT2D eigenvalue weighted by molar-refractivity contribution is -0.139. The molecule has 3 aromatic carbocycles. The quantitative estimate of drug-likeness (QED) is 0.339. The van der Waals surface area contributed by atoms with E-state index in [-0.39, 0.29) is 17.1 Å². The fourth-order valence-corrected chi connectivity index (χ4v) is 5.43. The predicted octanol–water partition coefficient (Wildman–Crippen LogP) is 5.42. The molecule has 0 spiro atoms. The van der Waals surface area contributed by atoms with Crippen LogP contribution in [0, 0.1) is 6.92 Å². The summed E-state index contributed by atoms with van der Waals surface area (Å²) in [7, 11) is -4.50. The summed E-state index contributed by atoms with van der Waals surface area (Å²) in [5.41, 5.74) is -0.0393. The first kappa shape index (κ1) is 31.0. The molecule has 2 amide bonds. The van der Waals surface area contributed by atoms with Crippen molar-refractivity contribution >= 4 is 39.1 Å². The van der Waals surface area contributed by atoms with Crippen molar-refractivity contribution in [2.24, 2.45) is 0 Å². The Hall–Kier alpha value is -3.57. The van der Waals surface area contributed by atoms with Gasteiger partial charge in [-0.3, -0.25) is 13.9 Å². The van der Waals surface area contributed by atoms with Gasteiger partial charge in [-0.1, -0.05) is 47.5 Å². The van der Waals surface area contributed by atoms with Gasteiger partial charge in [0.2, 0.25) is 11.8 Å². The molecule has 214 valence electrons. The fourth-order valence-electron chi connectivity index (χ4n) is 3.89. The van der Waals surface area contributed by atoms with Gasteiger partial charge in [0.05, 0.1) is 16.1 Å². The number of amides is 2. The molecule has 0 aliphatic heterocycles. The van der Waals surface area contributed by atoms with E-state index in [9.17, 15) is 31.2 Å². The summed E-state index contributed by atoms with van der Waals surface area (Å²) in [5, 5.41) is 3.09. The van der Waals surface area contributed by atoms with Crippen LogP contribution in [0.15, 0.2) is 77.7 Å². The van der Waals surface area contributed by atoms with Crippen LogP contribution < -0.4 is 9.62 Å². The molecule has 1 N–H and O–H groups in total. The third kappa shape index (κ3) is 7.54.